The number of carbonyl (C=O) groups is 4. The molecule has 0 aliphatic heterocycles. The predicted molar refractivity (Wildman–Crippen MR) is 172 cm³/mol. The Morgan fingerprint density at radius 1 is 0.773 bits per heavy atom. The van der Waals surface area contributed by atoms with Gasteiger partial charge in [0.15, 0.2) is 11.7 Å². The zero-order valence-corrected chi connectivity index (χ0v) is 25.5. The van der Waals surface area contributed by atoms with Crippen molar-refractivity contribution in [2.24, 2.45) is 39.6 Å². The van der Waals surface area contributed by atoms with Crippen molar-refractivity contribution in [3.05, 3.63) is 71.3 Å². The Labute approximate surface area is 259 Å². The van der Waals surface area contributed by atoms with E-state index in [4.69, 9.17) is 28.7 Å². The van der Waals surface area contributed by atoms with E-state index in [-0.39, 0.29) is 37.6 Å². The van der Waals surface area contributed by atoms with Crippen LogP contribution in [-0.4, -0.2) is 60.7 Å². The number of aryl methyl sites for hydroxylation is 1. The second-order valence-corrected chi connectivity index (χ2v) is 11.1. The highest BCUT2D eigenvalue weighted by Crippen LogP contribution is 2.18. The van der Waals surface area contributed by atoms with Gasteiger partial charge in [0.2, 0.25) is 17.7 Å². The Hall–Kier alpha value is -4.29. The number of ketones is 1. The fourth-order valence-corrected chi connectivity index (χ4v) is 4.78. The van der Waals surface area contributed by atoms with E-state index < -0.39 is 41.8 Å². The lowest BCUT2D eigenvalue weighted by Crippen LogP contribution is -2.51. The van der Waals surface area contributed by atoms with Crippen LogP contribution in [0.2, 0.25) is 0 Å². The van der Waals surface area contributed by atoms with Gasteiger partial charge in [-0.3, -0.25) is 24.2 Å². The topological polar surface area (TPSA) is 235 Å². The molecular weight excluding hydrogens is 560 g/mol. The van der Waals surface area contributed by atoms with Crippen molar-refractivity contribution in [2.45, 2.75) is 76.4 Å². The maximum absolute atomic E-state index is 13.8. The number of hydrogen-bond donors (Lipinski definition) is 7. The molecule has 0 fully saturated rings. The summed E-state index contributed by atoms with van der Waals surface area (Å²) in [5.74, 6) is -2.86. The largest absolute Gasteiger partial charge is 0.370 e. The third-order valence-electron chi connectivity index (χ3n) is 7.31. The zero-order chi connectivity index (χ0) is 32.5. The molecule has 240 valence electrons. The molecule has 0 heterocycles. The van der Waals surface area contributed by atoms with E-state index in [1.54, 1.807) is 0 Å². The molecule has 12 N–H and O–H groups in total. The summed E-state index contributed by atoms with van der Waals surface area (Å²) in [7, 11) is 0. The van der Waals surface area contributed by atoms with Crippen LogP contribution in [0.3, 0.4) is 0 Å². The number of nitrogens with two attached hydrogens (primary N) is 5. The van der Waals surface area contributed by atoms with E-state index in [0.717, 1.165) is 16.7 Å². The van der Waals surface area contributed by atoms with E-state index in [0.29, 0.717) is 38.6 Å². The summed E-state index contributed by atoms with van der Waals surface area (Å²) in [6.07, 6.45) is 2.62. The number of nitrogens with one attached hydrogen (secondary N) is 2. The Kier molecular flexibility index (Phi) is 15.6. The lowest BCUT2D eigenvalue weighted by atomic mass is 9.89. The number of aliphatic imine (C=N–C) groups is 1. The standard InChI is InChI=1S/C32H48N8O4/c1-21-12-14-23(15-13-21)18-24(30(43)40-27(29(35)42)10-5-6-16-33)20-28(41)26(11-7-17-38-32(36)37)39-31(44)25(34)19-22-8-3-2-4-9-22/h2-4,8-9,12-15,24-27H,5-7,10-11,16-20,33-34H2,1H3,(H2,35,42)(H,39,44)(H,40,43)(H4,36,37,38)/t24-,25+,26-,27+/m1/s1. The van der Waals surface area contributed by atoms with E-state index in [9.17, 15) is 19.2 Å². The van der Waals surface area contributed by atoms with Gasteiger partial charge in [0, 0.05) is 18.9 Å². The van der Waals surface area contributed by atoms with Gasteiger partial charge in [-0.15, -0.1) is 0 Å². The Bertz CT molecular complexity index is 1230. The summed E-state index contributed by atoms with van der Waals surface area (Å²) in [6, 6.07) is 14.2. The first-order chi connectivity index (χ1) is 21.0. The van der Waals surface area contributed by atoms with Crippen molar-refractivity contribution in [2.75, 3.05) is 13.1 Å². The molecule has 0 aliphatic carbocycles. The quantitative estimate of drug-likeness (QED) is 0.0626. The summed E-state index contributed by atoms with van der Waals surface area (Å²) >= 11 is 0. The highest BCUT2D eigenvalue weighted by Gasteiger charge is 2.30. The molecule has 4 atom stereocenters. The Balaban J connectivity index is 2.25. The number of benzene rings is 2. The van der Waals surface area contributed by atoms with E-state index in [1.807, 2.05) is 61.5 Å². The van der Waals surface area contributed by atoms with Crippen LogP contribution in [0.1, 0.15) is 55.2 Å². The van der Waals surface area contributed by atoms with Gasteiger partial charge in [-0.1, -0.05) is 60.2 Å². The van der Waals surface area contributed by atoms with Gasteiger partial charge in [0.1, 0.15) is 6.04 Å². The van der Waals surface area contributed by atoms with E-state index in [2.05, 4.69) is 15.6 Å². The Morgan fingerprint density at radius 2 is 1.39 bits per heavy atom. The summed E-state index contributed by atoms with van der Waals surface area (Å²) in [5, 5.41) is 5.53. The summed E-state index contributed by atoms with van der Waals surface area (Å²) in [6.45, 7) is 2.66. The second-order valence-electron chi connectivity index (χ2n) is 11.1. The van der Waals surface area contributed by atoms with E-state index >= 15 is 0 Å². The van der Waals surface area contributed by atoms with Crippen LogP contribution < -0.4 is 39.3 Å². The molecule has 0 aliphatic rings. The van der Waals surface area contributed by atoms with Crippen molar-refractivity contribution < 1.29 is 19.2 Å². The number of amides is 3. The molecule has 0 saturated carbocycles. The lowest BCUT2D eigenvalue weighted by Gasteiger charge is -2.24. The molecule has 44 heavy (non-hydrogen) atoms. The molecule has 2 aromatic rings. The number of carbonyl (C=O) groups excluding carboxylic acids is 4. The maximum Gasteiger partial charge on any atom is 0.239 e. The van der Waals surface area contributed by atoms with Gasteiger partial charge in [-0.25, -0.2) is 0 Å². The number of hydrogen-bond acceptors (Lipinski definition) is 7. The minimum Gasteiger partial charge on any atom is -0.370 e. The smallest absolute Gasteiger partial charge is 0.239 e. The molecule has 12 nitrogen and oxygen atoms in total. The Morgan fingerprint density at radius 3 is 2.00 bits per heavy atom. The van der Waals surface area contributed by atoms with Crippen LogP contribution in [0.5, 0.6) is 0 Å². The summed E-state index contributed by atoms with van der Waals surface area (Å²) in [4.78, 5) is 56.5. The zero-order valence-electron chi connectivity index (χ0n) is 25.5. The van der Waals surface area contributed by atoms with Crippen LogP contribution in [0.25, 0.3) is 0 Å². The average molecular weight is 609 g/mol. The third-order valence-corrected chi connectivity index (χ3v) is 7.31. The van der Waals surface area contributed by atoms with Crippen LogP contribution >= 0.6 is 0 Å². The second kappa shape index (κ2) is 19.1. The first-order valence-corrected chi connectivity index (χ1v) is 15.0. The number of primary amides is 1. The molecule has 0 saturated heterocycles. The van der Waals surface area contributed by atoms with Gasteiger partial charge < -0.3 is 39.3 Å². The summed E-state index contributed by atoms with van der Waals surface area (Å²) in [5.41, 5.74) is 31.0. The molecule has 0 bridgehead atoms. The maximum atomic E-state index is 13.8. The van der Waals surface area contributed by atoms with Crippen LogP contribution in [0.15, 0.2) is 59.6 Å². The normalized spacial score (nSPS) is 13.6. The van der Waals surface area contributed by atoms with Gasteiger partial charge in [-0.05, 0) is 69.5 Å². The number of nitrogens with zero attached hydrogens (tertiary/aromatic N) is 1. The lowest BCUT2D eigenvalue weighted by molar-refractivity contribution is -0.133. The van der Waals surface area contributed by atoms with Crippen LogP contribution in [-0.2, 0) is 32.0 Å². The molecular formula is C32H48N8O4. The number of unbranched alkanes of at least 4 members (excludes halogenated alkanes) is 1. The third kappa shape index (κ3) is 13.3. The van der Waals surface area contributed by atoms with Crippen LogP contribution in [0.4, 0.5) is 0 Å². The van der Waals surface area contributed by atoms with Crippen molar-refractivity contribution in [3.8, 4) is 0 Å². The van der Waals surface area contributed by atoms with Gasteiger partial charge in [0.05, 0.1) is 12.1 Å². The highest BCUT2D eigenvalue weighted by molar-refractivity contribution is 5.94. The SMILES string of the molecule is Cc1ccc(C[C@H](CC(=O)[C@@H](CCCN=C(N)N)NC(=O)[C@@H](N)Cc2ccccc2)C(=O)N[C@@H](CCCCN)C(N)=O)cc1. The van der Waals surface area contributed by atoms with E-state index in [1.165, 1.54) is 0 Å². The minimum absolute atomic E-state index is 0.0768. The molecule has 0 aromatic heterocycles. The number of guanidine groups is 1. The van der Waals surface area contributed by atoms with Gasteiger partial charge in [-0.2, -0.15) is 0 Å². The predicted octanol–water partition coefficient (Wildman–Crippen LogP) is 0.320. The molecule has 0 radical (unpaired) electrons. The fourth-order valence-electron chi connectivity index (χ4n) is 4.78. The first-order valence-electron chi connectivity index (χ1n) is 15.0. The fraction of sp³-hybridized carbons (Fsp3) is 0.469. The minimum atomic E-state index is -0.927. The van der Waals surface area contributed by atoms with Gasteiger partial charge in [0.25, 0.3) is 0 Å². The van der Waals surface area contributed by atoms with Crippen molar-refractivity contribution in [1.82, 2.24) is 10.6 Å². The van der Waals surface area contributed by atoms with Crippen molar-refractivity contribution in [1.29, 1.82) is 0 Å². The molecule has 3 amide bonds. The number of rotatable bonds is 20. The molecule has 0 unspecified atom stereocenters. The molecule has 2 aromatic carbocycles. The van der Waals surface area contributed by atoms with Crippen molar-refractivity contribution in [3.63, 3.8) is 0 Å². The first kappa shape index (κ1) is 35.9. The molecule has 12 heteroatoms. The number of Topliss-reactive ketones (excluding diaryl/α,β-unsaturated/α-hetero) is 1. The summed E-state index contributed by atoms with van der Waals surface area (Å²) < 4.78 is 0. The monoisotopic (exact) mass is 608 g/mol. The molecule has 2 rings (SSSR count). The molecule has 0 spiro atoms. The van der Waals surface area contributed by atoms with Gasteiger partial charge >= 0.3 is 0 Å². The van der Waals surface area contributed by atoms with Crippen LogP contribution in [0, 0.1) is 12.8 Å². The average Bonchev–Trinajstić information content (AvgIpc) is 2.99. The van der Waals surface area contributed by atoms with Crippen molar-refractivity contribution >= 4 is 29.5 Å². The highest BCUT2D eigenvalue weighted by atomic mass is 16.2.